The van der Waals surface area contributed by atoms with Crippen molar-refractivity contribution in [2.45, 2.75) is 0 Å². The van der Waals surface area contributed by atoms with Crippen molar-refractivity contribution in [3.8, 4) is 5.88 Å². The molecule has 0 aliphatic carbocycles. The summed E-state index contributed by atoms with van der Waals surface area (Å²) in [5.41, 5.74) is -0.865. The molecule has 0 aromatic carbocycles. The van der Waals surface area contributed by atoms with Crippen LogP contribution < -0.4 is 10.5 Å². The number of azo groups is 1. The molecule has 2 aromatic rings. The normalized spacial score (nSPS) is 11.1. The highest BCUT2D eigenvalue weighted by molar-refractivity contribution is 7.80. The number of rotatable bonds is 4. The second kappa shape index (κ2) is 5.75. The average Bonchev–Trinajstić information content (AvgIpc) is 2.86. The molecule has 2 aromatic heterocycles. The van der Waals surface area contributed by atoms with Gasteiger partial charge in [-0.15, -0.1) is 20.4 Å². The lowest BCUT2D eigenvalue weighted by atomic mass is 10.5. The summed E-state index contributed by atoms with van der Waals surface area (Å²) in [6.45, 7) is 0. The van der Waals surface area contributed by atoms with E-state index in [2.05, 4.69) is 43.0 Å². The first-order valence-corrected chi connectivity index (χ1v) is 6.40. The van der Waals surface area contributed by atoms with Crippen LogP contribution >= 0.6 is 24.0 Å². The predicted octanol–water partition coefficient (Wildman–Crippen LogP) is 1.07. The first-order chi connectivity index (χ1) is 9.11. The molecule has 0 fully saturated rings. The number of anilines is 1. The number of aromatic amines is 1. The Balaban J connectivity index is 2.24. The molecule has 11 heteroatoms. The lowest BCUT2D eigenvalue weighted by Crippen LogP contribution is -2.13. The average molecular weight is 299 g/mol. The lowest BCUT2D eigenvalue weighted by molar-refractivity contribution is 0.452. The van der Waals surface area contributed by atoms with Gasteiger partial charge in [0.1, 0.15) is 0 Å². The monoisotopic (exact) mass is 299 g/mol. The van der Waals surface area contributed by atoms with Gasteiger partial charge < -0.3 is 15.0 Å². The van der Waals surface area contributed by atoms with Gasteiger partial charge in [0.25, 0.3) is 10.7 Å². The van der Waals surface area contributed by atoms with E-state index in [0.717, 1.165) is 6.33 Å². The molecule has 2 N–H and O–H groups in total. The highest BCUT2D eigenvalue weighted by atomic mass is 32.1. The largest absolute Gasteiger partial charge is 0.492 e. The summed E-state index contributed by atoms with van der Waals surface area (Å²) in [5, 5.41) is 25.2. The zero-order chi connectivity index (χ0) is 13.8. The number of thiol groups is 1. The Bertz CT molecular complexity index is 653. The van der Waals surface area contributed by atoms with Gasteiger partial charge in [0.05, 0.1) is 12.2 Å². The Morgan fingerprint density at radius 3 is 3.00 bits per heavy atom. The Morgan fingerprint density at radius 2 is 2.32 bits per heavy atom. The molecule has 0 bridgehead atoms. The third kappa shape index (κ3) is 3.06. The van der Waals surface area contributed by atoms with Crippen LogP contribution in [0.4, 0.5) is 16.0 Å². The molecule has 0 amide bonds. The SMILES string of the molecule is CN(CS)c1nnc(N=Nc2c(O)nc[nH]c2=O)s1. The van der Waals surface area contributed by atoms with E-state index in [1.54, 1.807) is 11.9 Å². The van der Waals surface area contributed by atoms with E-state index in [-0.39, 0.29) is 10.8 Å². The highest BCUT2D eigenvalue weighted by Gasteiger charge is 2.09. The Hall–Kier alpha value is -2.01. The van der Waals surface area contributed by atoms with Gasteiger partial charge in [0.15, 0.2) is 0 Å². The maximum atomic E-state index is 11.4. The van der Waals surface area contributed by atoms with Gasteiger partial charge in [0.2, 0.25) is 16.7 Å². The molecular weight excluding hydrogens is 290 g/mol. The predicted molar refractivity (Wildman–Crippen MR) is 72.9 cm³/mol. The molecule has 0 aliphatic rings. The van der Waals surface area contributed by atoms with E-state index in [9.17, 15) is 9.90 Å². The van der Waals surface area contributed by atoms with Crippen molar-refractivity contribution in [1.29, 1.82) is 0 Å². The van der Waals surface area contributed by atoms with Crippen LogP contribution in [0, 0.1) is 0 Å². The number of H-pyrrole nitrogens is 1. The van der Waals surface area contributed by atoms with Gasteiger partial charge in [-0.3, -0.25) is 4.79 Å². The van der Waals surface area contributed by atoms with Gasteiger partial charge in [-0.2, -0.15) is 12.6 Å². The van der Waals surface area contributed by atoms with Gasteiger partial charge in [-0.25, -0.2) is 4.98 Å². The number of hydrogen-bond donors (Lipinski definition) is 3. The van der Waals surface area contributed by atoms with Gasteiger partial charge in [-0.1, -0.05) is 11.3 Å². The zero-order valence-corrected chi connectivity index (χ0v) is 11.4. The molecule has 0 spiro atoms. The smallest absolute Gasteiger partial charge is 0.282 e. The van der Waals surface area contributed by atoms with E-state index in [4.69, 9.17) is 0 Å². The lowest BCUT2D eigenvalue weighted by Gasteiger charge is -2.08. The number of aromatic hydroxyl groups is 1. The summed E-state index contributed by atoms with van der Waals surface area (Å²) in [7, 11) is 1.80. The molecular formula is C8H9N7O2S2. The van der Waals surface area contributed by atoms with Crippen molar-refractivity contribution in [3.63, 3.8) is 0 Å². The molecule has 0 atom stereocenters. The minimum atomic E-state index is -0.589. The molecule has 0 unspecified atom stereocenters. The summed E-state index contributed by atoms with van der Waals surface area (Å²) in [6.07, 6.45) is 1.07. The van der Waals surface area contributed by atoms with Crippen molar-refractivity contribution in [2.75, 3.05) is 17.8 Å². The maximum absolute atomic E-state index is 11.4. The van der Waals surface area contributed by atoms with Crippen LogP contribution in [0.25, 0.3) is 0 Å². The summed E-state index contributed by atoms with van der Waals surface area (Å²) in [6, 6.07) is 0. The number of nitrogens with one attached hydrogen (secondary N) is 1. The number of hydrogen-bond acceptors (Lipinski definition) is 10. The van der Waals surface area contributed by atoms with Crippen molar-refractivity contribution in [2.24, 2.45) is 10.2 Å². The minimum absolute atomic E-state index is 0.256. The maximum Gasteiger partial charge on any atom is 0.282 e. The summed E-state index contributed by atoms with van der Waals surface area (Å²) in [5.74, 6) is -0.0146. The van der Waals surface area contributed by atoms with Crippen LogP contribution in [0.2, 0.25) is 0 Å². The molecule has 0 saturated carbocycles. The minimum Gasteiger partial charge on any atom is -0.492 e. The van der Waals surface area contributed by atoms with Crippen molar-refractivity contribution < 1.29 is 5.11 Å². The molecule has 100 valence electrons. The van der Waals surface area contributed by atoms with Gasteiger partial charge in [-0.05, 0) is 0 Å². The highest BCUT2D eigenvalue weighted by Crippen LogP contribution is 2.27. The quantitative estimate of drug-likeness (QED) is 0.441. The van der Waals surface area contributed by atoms with E-state index in [1.165, 1.54) is 11.3 Å². The number of nitrogens with zero attached hydrogens (tertiary/aromatic N) is 6. The van der Waals surface area contributed by atoms with E-state index < -0.39 is 11.4 Å². The van der Waals surface area contributed by atoms with Crippen LogP contribution in [0.15, 0.2) is 21.4 Å². The standard InChI is InChI=1S/C8H9N7O2S2/c1-15(3-18)8-14-13-7(19-8)12-11-4-5(16)9-2-10-6(4)17/h2,18H,3H2,1H3,(H2,9,10,16,17). The zero-order valence-electron chi connectivity index (χ0n) is 9.68. The van der Waals surface area contributed by atoms with Crippen LogP contribution in [0.5, 0.6) is 5.88 Å². The third-order valence-electron chi connectivity index (χ3n) is 1.99. The number of aromatic nitrogens is 4. The Morgan fingerprint density at radius 1 is 1.53 bits per heavy atom. The van der Waals surface area contributed by atoms with Crippen molar-refractivity contribution in [1.82, 2.24) is 20.2 Å². The van der Waals surface area contributed by atoms with Crippen LogP contribution in [0.3, 0.4) is 0 Å². The molecule has 2 rings (SSSR count). The van der Waals surface area contributed by atoms with Crippen LogP contribution in [0.1, 0.15) is 0 Å². The second-order valence-electron chi connectivity index (χ2n) is 3.31. The second-order valence-corrected chi connectivity index (χ2v) is 4.53. The van der Waals surface area contributed by atoms with E-state index >= 15 is 0 Å². The summed E-state index contributed by atoms with van der Waals surface area (Å²) < 4.78 is 0. The van der Waals surface area contributed by atoms with Gasteiger partial charge in [0, 0.05) is 7.05 Å². The topological polar surface area (TPSA) is 120 Å². The van der Waals surface area contributed by atoms with Crippen LogP contribution in [-0.2, 0) is 0 Å². The molecule has 0 radical (unpaired) electrons. The van der Waals surface area contributed by atoms with E-state index in [1.807, 2.05) is 0 Å². The molecule has 0 saturated heterocycles. The fourth-order valence-electron chi connectivity index (χ4n) is 1.03. The van der Waals surface area contributed by atoms with Crippen molar-refractivity contribution >= 4 is 39.9 Å². The molecule has 19 heavy (non-hydrogen) atoms. The first-order valence-electron chi connectivity index (χ1n) is 4.95. The summed E-state index contributed by atoms with van der Waals surface area (Å²) in [4.78, 5) is 18.9. The first kappa shape index (κ1) is 13.4. The van der Waals surface area contributed by atoms with Crippen LogP contribution in [-0.4, -0.2) is 38.2 Å². The third-order valence-corrected chi connectivity index (χ3v) is 3.33. The molecule has 0 aliphatic heterocycles. The molecule has 9 nitrogen and oxygen atoms in total. The van der Waals surface area contributed by atoms with Gasteiger partial charge >= 0.3 is 0 Å². The van der Waals surface area contributed by atoms with E-state index in [0.29, 0.717) is 11.0 Å². The Labute approximate surface area is 116 Å². The fourth-order valence-corrected chi connectivity index (χ4v) is 1.89. The Kier molecular flexibility index (Phi) is 4.06. The summed E-state index contributed by atoms with van der Waals surface area (Å²) >= 11 is 5.27. The van der Waals surface area contributed by atoms with Crippen molar-refractivity contribution in [3.05, 3.63) is 16.7 Å². The fraction of sp³-hybridized carbons (Fsp3) is 0.250. The molecule has 2 heterocycles.